The Hall–Kier alpha value is -2.57. The van der Waals surface area contributed by atoms with Crippen molar-refractivity contribution in [1.29, 1.82) is 0 Å². The molecule has 1 amide bonds. The number of benzene rings is 2. The first kappa shape index (κ1) is 37.5. The zero-order valence-corrected chi connectivity index (χ0v) is 29.2. The molecule has 0 saturated heterocycles. The first-order valence-electron chi connectivity index (χ1n) is 15.6. The standard InChI is InChI=1S/C18H30N2O.C18H31NO2/c1-8-20(9-2)12-19-17(21)16-13(3)10-15(11-14(16)4)18(5,6)7;1-18(2,3)11-7-12-19(4)13-10-15-8-9-16(20-5)17(14-15)21-6/h10-11H,8-9,12H2,1-7H3,(H,19,21);8-9,14H,7,10-13H2,1-6H3. The molecule has 0 radical (unpaired) electrons. The third-order valence-electron chi connectivity index (χ3n) is 7.68. The summed E-state index contributed by atoms with van der Waals surface area (Å²) in [6.45, 7) is 26.5. The van der Waals surface area contributed by atoms with Crippen molar-refractivity contribution >= 4 is 5.91 Å². The fraction of sp³-hybridized carbons (Fsp3) is 0.639. The average Bonchev–Trinajstić information content (AvgIpc) is 2.91. The Kier molecular flexibility index (Phi) is 15.6. The highest BCUT2D eigenvalue weighted by Crippen LogP contribution is 2.28. The first-order valence-corrected chi connectivity index (χ1v) is 15.6. The number of ether oxygens (including phenoxy) is 2. The monoisotopic (exact) mass is 583 g/mol. The normalized spacial score (nSPS) is 11.8. The fourth-order valence-electron chi connectivity index (χ4n) is 4.82. The minimum absolute atomic E-state index is 0.0253. The number of carbonyl (C=O) groups excluding carboxylic acids is 1. The SMILES string of the molecule is CCN(CC)CNC(=O)c1c(C)cc(C(C)(C)C)cc1C.COc1ccc(CCN(C)CCCC(C)(C)C)cc1OC. The van der Waals surface area contributed by atoms with Gasteiger partial charge in [-0.25, -0.2) is 0 Å². The Balaban J connectivity index is 0.000000420. The van der Waals surface area contributed by atoms with Crippen LogP contribution in [0.4, 0.5) is 0 Å². The van der Waals surface area contributed by atoms with Gasteiger partial charge in [0.05, 0.1) is 20.9 Å². The van der Waals surface area contributed by atoms with Crippen molar-refractivity contribution in [3.8, 4) is 11.5 Å². The van der Waals surface area contributed by atoms with Gasteiger partial charge in [-0.15, -0.1) is 0 Å². The summed E-state index contributed by atoms with van der Waals surface area (Å²) in [6.07, 6.45) is 3.56. The van der Waals surface area contributed by atoms with Gasteiger partial charge in [0.25, 0.3) is 5.91 Å². The summed E-state index contributed by atoms with van der Waals surface area (Å²) in [5.74, 6) is 1.63. The molecule has 0 unspecified atom stereocenters. The van der Waals surface area contributed by atoms with Crippen LogP contribution in [-0.2, 0) is 11.8 Å². The van der Waals surface area contributed by atoms with Crippen LogP contribution in [0, 0.1) is 19.3 Å². The molecule has 0 aliphatic rings. The molecule has 0 saturated carbocycles. The Morgan fingerprint density at radius 3 is 1.90 bits per heavy atom. The van der Waals surface area contributed by atoms with Crippen molar-refractivity contribution in [1.82, 2.24) is 15.1 Å². The molecule has 2 rings (SSSR count). The van der Waals surface area contributed by atoms with Crippen LogP contribution in [0.25, 0.3) is 0 Å². The molecule has 0 fully saturated rings. The summed E-state index contributed by atoms with van der Waals surface area (Å²) in [7, 11) is 5.55. The maximum atomic E-state index is 12.4. The summed E-state index contributed by atoms with van der Waals surface area (Å²) >= 11 is 0. The zero-order valence-electron chi connectivity index (χ0n) is 29.2. The lowest BCUT2D eigenvalue weighted by molar-refractivity contribution is 0.0924. The molecular formula is C36H61N3O3. The number of methoxy groups -OCH3 is 2. The van der Waals surface area contributed by atoms with E-state index in [1.807, 2.05) is 19.9 Å². The number of nitrogens with one attached hydrogen (secondary N) is 1. The number of hydrogen-bond donors (Lipinski definition) is 1. The molecular weight excluding hydrogens is 522 g/mol. The van der Waals surface area contributed by atoms with E-state index in [1.165, 1.54) is 24.0 Å². The number of amides is 1. The van der Waals surface area contributed by atoms with Crippen LogP contribution in [-0.4, -0.2) is 69.8 Å². The van der Waals surface area contributed by atoms with Gasteiger partial charge in [0, 0.05) is 12.1 Å². The van der Waals surface area contributed by atoms with E-state index in [9.17, 15) is 4.79 Å². The summed E-state index contributed by atoms with van der Waals surface area (Å²) in [5, 5.41) is 3.03. The van der Waals surface area contributed by atoms with Crippen molar-refractivity contribution < 1.29 is 14.3 Å². The highest BCUT2D eigenvalue weighted by molar-refractivity contribution is 5.97. The summed E-state index contributed by atoms with van der Waals surface area (Å²) in [6, 6.07) is 10.4. The van der Waals surface area contributed by atoms with Crippen molar-refractivity contribution in [3.63, 3.8) is 0 Å². The minimum atomic E-state index is 0.0253. The number of nitrogens with zero attached hydrogens (tertiary/aromatic N) is 2. The van der Waals surface area contributed by atoms with E-state index in [1.54, 1.807) is 14.2 Å². The van der Waals surface area contributed by atoms with Crippen molar-refractivity contribution in [2.45, 2.75) is 93.9 Å². The second-order valence-electron chi connectivity index (χ2n) is 13.6. The van der Waals surface area contributed by atoms with E-state index in [0.717, 1.165) is 60.8 Å². The molecule has 2 aromatic rings. The Labute approximate surface area is 258 Å². The first-order chi connectivity index (χ1) is 19.6. The van der Waals surface area contributed by atoms with Crippen LogP contribution < -0.4 is 14.8 Å². The molecule has 0 spiro atoms. The second kappa shape index (κ2) is 17.5. The van der Waals surface area contributed by atoms with E-state index in [4.69, 9.17) is 9.47 Å². The molecule has 238 valence electrons. The van der Waals surface area contributed by atoms with E-state index in [0.29, 0.717) is 12.1 Å². The van der Waals surface area contributed by atoms with E-state index in [-0.39, 0.29) is 11.3 Å². The maximum absolute atomic E-state index is 12.4. The van der Waals surface area contributed by atoms with Gasteiger partial charge in [-0.1, -0.05) is 73.6 Å². The largest absolute Gasteiger partial charge is 0.493 e. The third-order valence-corrected chi connectivity index (χ3v) is 7.68. The number of aryl methyl sites for hydroxylation is 2. The molecule has 2 aromatic carbocycles. The smallest absolute Gasteiger partial charge is 0.252 e. The summed E-state index contributed by atoms with van der Waals surface area (Å²) in [4.78, 5) is 17.0. The second-order valence-corrected chi connectivity index (χ2v) is 13.6. The Bertz CT molecular complexity index is 1070. The predicted molar refractivity (Wildman–Crippen MR) is 179 cm³/mol. The van der Waals surface area contributed by atoms with Crippen LogP contribution in [0.3, 0.4) is 0 Å². The molecule has 1 N–H and O–H groups in total. The van der Waals surface area contributed by atoms with Crippen LogP contribution in [0.15, 0.2) is 30.3 Å². The van der Waals surface area contributed by atoms with Crippen LogP contribution in [0.1, 0.15) is 101 Å². The Morgan fingerprint density at radius 2 is 1.43 bits per heavy atom. The molecule has 42 heavy (non-hydrogen) atoms. The highest BCUT2D eigenvalue weighted by Gasteiger charge is 2.19. The molecule has 0 heterocycles. The third kappa shape index (κ3) is 13.2. The van der Waals surface area contributed by atoms with Gasteiger partial charge < -0.3 is 19.7 Å². The number of hydrogen-bond acceptors (Lipinski definition) is 5. The van der Waals surface area contributed by atoms with Gasteiger partial charge in [-0.2, -0.15) is 0 Å². The lowest BCUT2D eigenvalue weighted by Gasteiger charge is -2.23. The number of rotatable bonds is 13. The highest BCUT2D eigenvalue weighted by atomic mass is 16.5. The predicted octanol–water partition coefficient (Wildman–Crippen LogP) is 7.63. The van der Waals surface area contributed by atoms with Crippen molar-refractivity contribution in [2.24, 2.45) is 5.41 Å². The lowest BCUT2D eigenvalue weighted by atomic mass is 9.83. The summed E-state index contributed by atoms with van der Waals surface area (Å²) in [5.41, 5.74) is 6.02. The van der Waals surface area contributed by atoms with Crippen LogP contribution >= 0.6 is 0 Å². The molecule has 0 aliphatic carbocycles. The van der Waals surface area contributed by atoms with Crippen LogP contribution in [0.5, 0.6) is 11.5 Å². The van der Waals surface area contributed by atoms with Crippen molar-refractivity contribution in [2.75, 3.05) is 54.1 Å². The minimum Gasteiger partial charge on any atom is -0.493 e. The van der Waals surface area contributed by atoms with Gasteiger partial charge in [0.2, 0.25) is 0 Å². The number of carbonyl (C=O) groups is 1. The van der Waals surface area contributed by atoms with Gasteiger partial charge in [-0.05, 0) is 105 Å². The van der Waals surface area contributed by atoms with Gasteiger partial charge in [0.15, 0.2) is 11.5 Å². The lowest BCUT2D eigenvalue weighted by Crippen LogP contribution is -2.38. The zero-order chi connectivity index (χ0) is 32.1. The topological polar surface area (TPSA) is 54.0 Å². The average molecular weight is 584 g/mol. The number of likely N-dealkylation sites (N-methyl/N-ethyl adjacent to an activating group) is 1. The van der Waals surface area contributed by atoms with Gasteiger partial charge >= 0.3 is 0 Å². The quantitative estimate of drug-likeness (QED) is 0.246. The molecule has 0 aromatic heterocycles. The fourth-order valence-corrected chi connectivity index (χ4v) is 4.82. The molecule has 0 aliphatic heterocycles. The van der Waals surface area contributed by atoms with E-state index >= 15 is 0 Å². The molecule has 0 bridgehead atoms. The van der Waals surface area contributed by atoms with E-state index < -0.39 is 0 Å². The van der Waals surface area contributed by atoms with Gasteiger partial charge in [-0.3, -0.25) is 9.69 Å². The Morgan fingerprint density at radius 1 is 0.857 bits per heavy atom. The van der Waals surface area contributed by atoms with E-state index in [2.05, 4.69) is 102 Å². The van der Waals surface area contributed by atoms with Crippen molar-refractivity contribution in [3.05, 3.63) is 58.1 Å². The molecule has 6 nitrogen and oxygen atoms in total. The van der Waals surface area contributed by atoms with Gasteiger partial charge in [0.1, 0.15) is 0 Å². The molecule has 6 heteroatoms. The van der Waals surface area contributed by atoms with Crippen LogP contribution in [0.2, 0.25) is 0 Å². The maximum Gasteiger partial charge on any atom is 0.252 e. The summed E-state index contributed by atoms with van der Waals surface area (Å²) < 4.78 is 10.6. The molecule has 0 atom stereocenters.